The van der Waals surface area contributed by atoms with Crippen molar-refractivity contribution in [3.8, 4) is 22.4 Å². The Labute approximate surface area is 208 Å². The van der Waals surface area contributed by atoms with Crippen molar-refractivity contribution in [2.24, 2.45) is 5.41 Å². The number of amides is 1. The summed E-state index contributed by atoms with van der Waals surface area (Å²) in [5, 5.41) is 4.27. The molecule has 2 radical (unpaired) electrons. The Balaban J connectivity index is 2.08. The van der Waals surface area contributed by atoms with E-state index in [0.29, 0.717) is 37.8 Å². The molecule has 0 aliphatic rings. The summed E-state index contributed by atoms with van der Waals surface area (Å²) < 4.78 is 5.96. The number of benzene rings is 2. The Morgan fingerprint density at radius 3 is 2.26 bits per heavy atom. The molecule has 2 aromatic heterocycles. The molecule has 170 valence electrons. The first-order valence-corrected chi connectivity index (χ1v) is 11.3. The fraction of sp³-hybridized carbons (Fsp3) is 0.192. The van der Waals surface area contributed by atoms with Crippen LogP contribution in [0.5, 0.6) is 0 Å². The Morgan fingerprint density at radius 1 is 1.00 bits per heavy atom. The molecule has 0 unspecified atom stereocenters. The van der Waals surface area contributed by atoms with E-state index in [1.54, 1.807) is 51.1 Å². The predicted molar refractivity (Wildman–Crippen MR) is 138 cm³/mol. The van der Waals surface area contributed by atoms with Gasteiger partial charge in [0.25, 0.3) is 0 Å². The fourth-order valence-electron chi connectivity index (χ4n) is 3.60. The van der Waals surface area contributed by atoms with Gasteiger partial charge in [0.05, 0.1) is 11.1 Å². The first-order chi connectivity index (χ1) is 16.0. The van der Waals surface area contributed by atoms with Crippen LogP contribution in [0, 0.1) is 5.41 Å². The van der Waals surface area contributed by atoms with E-state index in [9.17, 15) is 9.59 Å². The largest absolute Gasteiger partial charge is 0.432 e. The molecule has 0 aliphatic carbocycles. The van der Waals surface area contributed by atoms with Crippen LogP contribution in [0.3, 0.4) is 0 Å². The number of pyridine rings is 1. The monoisotopic (exact) mass is 490 g/mol. The van der Waals surface area contributed by atoms with E-state index in [4.69, 9.17) is 40.4 Å². The second kappa shape index (κ2) is 8.93. The van der Waals surface area contributed by atoms with Crippen LogP contribution in [-0.2, 0) is 4.79 Å². The Hall–Kier alpha value is -3.09. The summed E-state index contributed by atoms with van der Waals surface area (Å²) in [6.45, 7) is 6.73. The molecule has 1 N–H and O–H groups in total. The summed E-state index contributed by atoms with van der Waals surface area (Å²) in [6.07, 6.45) is 0. The lowest BCUT2D eigenvalue weighted by molar-refractivity contribution is -0.114. The van der Waals surface area contributed by atoms with Crippen LogP contribution in [0.4, 0.5) is 5.69 Å². The number of carbonyl (C=O) groups is 2. The van der Waals surface area contributed by atoms with Crippen molar-refractivity contribution >= 4 is 65.0 Å². The number of halogens is 2. The van der Waals surface area contributed by atoms with E-state index in [1.807, 2.05) is 18.2 Å². The Morgan fingerprint density at radius 2 is 1.68 bits per heavy atom. The number of fused-ring (bicyclic) bond motifs is 1. The molecule has 0 fully saturated rings. The maximum atomic E-state index is 13.2. The third-order valence-corrected chi connectivity index (χ3v) is 5.84. The molecule has 0 saturated carbocycles. The van der Waals surface area contributed by atoms with Crippen LogP contribution >= 0.6 is 23.2 Å². The average molecular weight is 491 g/mol. The highest BCUT2D eigenvalue weighted by Crippen LogP contribution is 2.41. The number of rotatable bonds is 4. The van der Waals surface area contributed by atoms with E-state index in [2.05, 4.69) is 5.32 Å². The lowest BCUT2D eigenvalue weighted by Gasteiger charge is -2.15. The average Bonchev–Trinajstić information content (AvgIpc) is 3.09. The second-order valence-electron chi connectivity index (χ2n) is 9.05. The number of hydrogen-bond donors (Lipinski definition) is 1. The van der Waals surface area contributed by atoms with Gasteiger partial charge in [0.2, 0.25) is 17.4 Å². The van der Waals surface area contributed by atoms with Gasteiger partial charge in [-0.15, -0.1) is 0 Å². The van der Waals surface area contributed by atoms with Gasteiger partial charge in [-0.1, -0.05) is 73.7 Å². The minimum absolute atomic E-state index is 0.0489. The number of nitrogens with one attached hydrogen (secondary N) is 1. The highest BCUT2D eigenvalue weighted by atomic mass is 35.5. The molecule has 8 heteroatoms. The molecular weight excluding hydrogens is 470 g/mol. The molecule has 0 atom stereocenters. The quantitative estimate of drug-likeness (QED) is 0.263. The topological polar surface area (TPSA) is 72.2 Å². The van der Waals surface area contributed by atoms with Crippen molar-refractivity contribution in [1.82, 2.24) is 4.98 Å². The lowest BCUT2D eigenvalue weighted by Crippen LogP contribution is -2.21. The van der Waals surface area contributed by atoms with Gasteiger partial charge < -0.3 is 9.73 Å². The van der Waals surface area contributed by atoms with Crippen molar-refractivity contribution < 1.29 is 14.0 Å². The summed E-state index contributed by atoms with van der Waals surface area (Å²) in [5.74, 6) is -0.536. The van der Waals surface area contributed by atoms with Gasteiger partial charge in [-0.2, -0.15) is 0 Å². The third kappa shape index (κ3) is 4.61. The van der Waals surface area contributed by atoms with Crippen molar-refractivity contribution in [3.05, 3.63) is 64.3 Å². The van der Waals surface area contributed by atoms with Crippen molar-refractivity contribution in [2.75, 3.05) is 5.32 Å². The molecule has 4 aromatic rings. The number of ketones is 1. The summed E-state index contributed by atoms with van der Waals surface area (Å²) in [4.78, 5) is 29.9. The molecule has 2 aromatic carbocycles. The molecule has 1 amide bonds. The smallest absolute Gasteiger partial charge is 0.229 e. The first kappa shape index (κ1) is 24.1. The number of carbonyl (C=O) groups excluding carboxylic acids is 2. The number of nitrogens with zero attached hydrogens (tertiary/aromatic N) is 1. The van der Waals surface area contributed by atoms with Crippen molar-refractivity contribution in [2.45, 2.75) is 27.7 Å². The van der Waals surface area contributed by atoms with Gasteiger partial charge in [-0.3, -0.25) is 9.59 Å². The van der Waals surface area contributed by atoms with Gasteiger partial charge in [0.15, 0.2) is 5.76 Å². The van der Waals surface area contributed by atoms with Gasteiger partial charge >= 0.3 is 0 Å². The molecule has 34 heavy (non-hydrogen) atoms. The number of anilines is 1. The summed E-state index contributed by atoms with van der Waals surface area (Å²) in [7, 11) is 5.89. The summed E-state index contributed by atoms with van der Waals surface area (Å²) in [5.41, 5.74) is 3.01. The number of hydrogen-bond acceptors (Lipinski definition) is 4. The molecule has 2 heterocycles. The number of furan rings is 1. The fourth-order valence-corrected chi connectivity index (χ4v) is 4.01. The SMILES string of the molecule is [B]c1ccc(-c2nc3oc(C(=O)C(C)(C)C)c(NC(C)=O)c3cc2-c2ccc(Cl)cc2)c(Cl)c1. The zero-order valence-electron chi connectivity index (χ0n) is 19.1. The zero-order valence-corrected chi connectivity index (χ0v) is 20.6. The minimum Gasteiger partial charge on any atom is -0.432 e. The van der Waals surface area contributed by atoms with Crippen LogP contribution in [-0.4, -0.2) is 24.5 Å². The molecule has 0 spiro atoms. The van der Waals surface area contributed by atoms with Crippen molar-refractivity contribution in [1.29, 1.82) is 0 Å². The summed E-state index contributed by atoms with van der Waals surface area (Å²) >= 11 is 12.6. The molecule has 0 aliphatic heterocycles. The Bertz CT molecular complexity index is 1440. The maximum absolute atomic E-state index is 13.2. The van der Waals surface area contributed by atoms with Crippen LogP contribution in [0.25, 0.3) is 33.5 Å². The molecule has 4 rings (SSSR count). The molecule has 0 bridgehead atoms. The predicted octanol–water partition coefficient (Wildman–Crippen LogP) is 6.45. The maximum Gasteiger partial charge on any atom is 0.229 e. The van der Waals surface area contributed by atoms with Crippen molar-refractivity contribution in [3.63, 3.8) is 0 Å². The first-order valence-electron chi connectivity index (χ1n) is 10.6. The highest BCUT2D eigenvalue weighted by Gasteiger charge is 2.31. The van der Waals surface area contributed by atoms with Crippen LogP contribution in [0.2, 0.25) is 10.0 Å². The molecule has 0 saturated heterocycles. The van der Waals surface area contributed by atoms with Gasteiger partial charge in [0.1, 0.15) is 13.5 Å². The van der Waals surface area contributed by atoms with E-state index < -0.39 is 5.41 Å². The lowest BCUT2D eigenvalue weighted by atomic mass is 9.88. The van der Waals surface area contributed by atoms with Gasteiger partial charge in [-0.25, -0.2) is 4.98 Å². The van der Waals surface area contributed by atoms with E-state index in [1.165, 1.54) is 6.92 Å². The normalized spacial score (nSPS) is 11.6. The summed E-state index contributed by atoms with van der Waals surface area (Å²) in [6, 6.07) is 14.3. The van der Waals surface area contributed by atoms with E-state index >= 15 is 0 Å². The molecule has 5 nitrogen and oxygen atoms in total. The molecular formula is C26H21BCl2N2O3. The third-order valence-electron chi connectivity index (χ3n) is 5.27. The number of aromatic nitrogens is 1. The van der Waals surface area contributed by atoms with Crippen LogP contribution < -0.4 is 10.8 Å². The Kier molecular flexibility index (Phi) is 6.32. The van der Waals surface area contributed by atoms with E-state index in [-0.39, 0.29) is 23.2 Å². The minimum atomic E-state index is -0.733. The zero-order chi connectivity index (χ0) is 24.8. The van der Waals surface area contributed by atoms with Crippen LogP contribution in [0.15, 0.2) is 52.9 Å². The number of Topliss-reactive ketones (excluding diaryl/α,β-unsaturated/α-hetero) is 1. The van der Waals surface area contributed by atoms with E-state index in [0.717, 1.165) is 11.1 Å². The van der Waals surface area contributed by atoms with Crippen LogP contribution in [0.1, 0.15) is 38.2 Å². The highest BCUT2D eigenvalue weighted by molar-refractivity contribution is 6.38. The van der Waals surface area contributed by atoms with Gasteiger partial charge in [-0.05, 0) is 29.8 Å². The second-order valence-corrected chi connectivity index (χ2v) is 9.89. The van der Waals surface area contributed by atoms with Gasteiger partial charge in [0, 0.05) is 33.5 Å². The standard InChI is InChI=1S/C26H21BCl2N2O3/c1-13(32)30-22-19-12-18(14-5-8-16(28)9-6-14)21(17-10-7-15(27)11-20(17)29)31-25(19)34-23(22)24(33)26(2,3)4/h5-12H,1-4H3,(H,30,32).